The zero-order chi connectivity index (χ0) is 38.7. The molecule has 0 amide bonds. The molecule has 0 spiro atoms. The van der Waals surface area contributed by atoms with Crippen molar-refractivity contribution in [3.05, 3.63) is 93.6 Å². The van der Waals surface area contributed by atoms with Gasteiger partial charge in [-0.3, -0.25) is 9.98 Å². The van der Waals surface area contributed by atoms with Crippen LogP contribution in [0, 0.1) is 13.8 Å². The zero-order valence-corrected chi connectivity index (χ0v) is 35.4. The lowest BCUT2D eigenvalue weighted by Crippen LogP contribution is -2.45. The van der Waals surface area contributed by atoms with Crippen molar-refractivity contribution in [2.45, 2.75) is 205 Å². The van der Waals surface area contributed by atoms with Crippen molar-refractivity contribution < 1.29 is 5.11 Å². The van der Waals surface area contributed by atoms with Crippen molar-refractivity contribution in [1.29, 1.82) is 0 Å². The third-order valence-electron chi connectivity index (χ3n) is 14.1. The van der Waals surface area contributed by atoms with Crippen LogP contribution in [0.25, 0.3) is 0 Å². The predicted octanol–water partition coefficient (Wildman–Crippen LogP) is 11.1. The second-order valence-corrected chi connectivity index (χ2v) is 18.2. The van der Waals surface area contributed by atoms with Crippen LogP contribution in [0.5, 0.6) is 0 Å². The lowest BCUT2D eigenvalue weighted by Gasteiger charge is -2.41. The van der Waals surface area contributed by atoms with E-state index in [4.69, 9.17) is 9.98 Å². The maximum Gasteiger partial charge on any atom is 0.0866 e. The minimum Gasteiger partial charge on any atom is -0.394 e. The lowest BCUT2D eigenvalue weighted by atomic mass is 9.88. The van der Waals surface area contributed by atoms with E-state index in [2.05, 4.69) is 85.2 Å². The molecule has 5 nitrogen and oxygen atoms in total. The molecule has 8 rings (SSSR count). The Hall–Kier alpha value is -3.18. The molecule has 0 unspecified atom stereocenters. The molecule has 4 aromatic rings. The fourth-order valence-electron chi connectivity index (χ4n) is 10.8. The largest absolute Gasteiger partial charge is 0.394 e. The number of hydrogen-bond donors (Lipinski definition) is 1. The Balaban J connectivity index is 0.000000172. The van der Waals surface area contributed by atoms with Gasteiger partial charge in [0, 0.05) is 35.3 Å². The highest BCUT2D eigenvalue weighted by molar-refractivity contribution is 5.67. The van der Waals surface area contributed by atoms with Crippen LogP contribution in [-0.4, -0.2) is 48.0 Å². The Morgan fingerprint density at radius 2 is 0.821 bits per heavy atom. The van der Waals surface area contributed by atoms with E-state index in [1.54, 1.807) is 5.69 Å². The minimum absolute atomic E-state index is 0.0376. The number of hydrogen-bond acceptors (Lipinski definition) is 5. The normalized spacial score (nSPS) is 21.3. The van der Waals surface area contributed by atoms with E-state index >= 15 is 0 Å². The molecule has 2 atom stereocenters. The maximum absolute atomic E-state index is 9.93. The van der Waals surface area contributed by atoms with Crippen LogP contribution in [-0.2, 0) is 12.8 Å². The van der Waals surface area contributed by atoms with Crippen molar-refractivity contribution in [3.63, 3.8) is 0 Å². The summed E-state index contributed by atoms with van der Waals surface area (Å²) in [4.78, 5) is 16.0. The standard InChI is InChI=1S/C26H38N2.C25H36N2O/c1-3-22(19-21-13-7-4-8-14-21)27-25-20(2)26(25)28(23-15-9-5-10-16-23)24-17-11-6-12-18-24;1-19-24(26-21(18-28)17-20-11-5-2-6-12-20)25(19)27(22-13-7-3-8-14-22)23-15-9-4-10-16-23/h4,7-8,13-14,22-24H,3,5-6,9-12,15-19H2,1-2H3;2,5-6,11-12,21-23,28H,3-4,7-10,13-18H2,1H3/t22-;21-/m10/s1. The Bertz CT molecular complexity index is 1580. The lowest BCUT2D eigenvalue weighted by molar-refractivity contribution is 0.264. The number of aliphatic hydroxyl groups excluding tert-OH is 1. The number of nitrogens with zero attached hydrogens (tertiary/aromatic N) is 4. The van der Waals surface area contributed by atoms with Gasteiger partial charge < -0.3 is 14.9 Å². The second-order valence-electron chi connectivity index (χ2n) is 18.2. The van der Waals surface area contributed by atoms with E-state index in [0.717, 1.165) is 31.3 Å². The molecule has 0 aliphatic heterocycles. The topological polar surface area (TPSA) is 51.4 Å². The van der Waals surface area contributed by atoms with Crippen molar-refractivity contribution in [2.75, 3.05) is 16.4 Å². The molecule has 0 heterocycles. The van der Waals surface area contributed by atoms with Gasteiger partial charge >= 0.3 is 0 Å². The summed E-state index contributed by atoms with van der Waals surface area (Å²) in [6, 6.07) is 24.6. The fraction of sp³-hybridized carbons (Fsp3) is 0.647. The van der Waals surface area contributed by atoms with E-state index in [0.29, 0.717) is 18.1 Å². The summed E-state index contributed by atoms with van der Waals surface area (Å²) in [6.45, 7) is 6.97. The predicted molar refractivity (Wildman–Crippen MR) is 236 cm³/mol. The van der Waals surface area contributed by atoms with Crippen LogP contribution >= 0.6 is 0 Å². The zero-order valence-electron chi connectivity index (χ0n) is 35.4. The molecule has 304 valence electrons. The summed E-state index contributed by atoms with van der Waals surface area (Å²) < 4.78 is 0. The Morgan fingerprint density at radius 3 is 1.14 bits per heavy atom. The average Bonchev–Trinajstić information content (AvgIpc) is 4.11. The van der Waals surface area contributed by atoms with Gasteiger partial charge in [-0.05, 0) is 95.6 Å². The number of benzene rings is 2. The number of anilines is 2. The Labute approximate surface area is 340 Å². The molecule has 0 aromatic heterocycles. The van der Waals surface area contributed by atoms with Gasteiger partial charge in [-0.1, -0.05) is 145 Å². The summed E-state index contributed by atoms with van der Waals surface area (Å²) in [7, 11) is 0. The number of aliphatic hydroxyl groups is 1. The van der Waals surface area contributed by atoms with E-state index in [9.17, 15) is 5.11 Å². The smallest absolute Gasteiger partial charge is 0.0866 e. The van der Waals surface area contributed by atoms with Crippen molar-refractivity contribution in [1.82, 2.24) is 0 Å². The first kappa shape index (κ1) is 41.0. The summed E-state index contributed by atoms with van der Waals surface area (Å²) in [6.07, 6.45) is 30.7. The summed E-state index contributed by atoms with van der Waals surface area (Å²) >= 11 is 0. The van der Waals surface area contributed by atoms with Crippen LogP contribution in [0.15, 0.2) is 70.6 Å². The minimum atomic E-state index is -0.0376. The third kappa shape index (κ3) is 10.7. The van der Waals surface area contributed by atoms with E-state index in [1.807, 2.05) is 6.07 Å². The van der Waals surface area contributed by atoms with Gasteiger partial charge in [-0.25, -0.2) is 0 Å². The molecular weight excluding hydrogens is 685 g/mol. The molecule has 0 saturated heterocycles. The maximum atomic E-state index is 9.93. The third-order valence-corrected chi connectivity index (χ3v) is 14.1. The molecule has 4 fully saturated rings. The molecule has 4 aliphatic carbocycles. The van der Waals surface area contributed by atoms with Crippen LogP contribution in [0.3, 0.4) is 0 Å². The molecular formula is C51H74N4O. The van der Waals surface area contributed by atoms with E-state index in [-0.39, 0.29) is 12.6 Å². The van der Waals surface area contributed by atoms with Gasteiger partial charge in [0.1, 0.15) is 0 Å². The van der Waals surface area contributed by atoms with Crippen molar-refractivity contribution in [2.24, 2.45) is 9.98 Å². The first-order chi connectivity index (χ1) is 27.6. The molecule has 4 saturated carbocycles. The van der Waals surface area contributed by atoms with E-state index < -0.39 is 0 Å². The van der Waals surface area contributed by atoms with Gasteiger partial charge in [0.15, 0.2) is 0 Å². The summed E-state index contributed by atoms with van der Waals surface area (Å²) in [5.41, 5.74) is 8.51. The second kappa shape index (κ2) is 20.5. The van der Waals surface area contributed by atoms with Crippen LogP contribution in [0.4, 0.5) is 11.4 Å². The highest BCUT2D eigenvalue weighted by atomic mass is 16.3. The number of rotatable bonds is 14. The summed E-state index contributed by atoms with van der Waals surface area (Å²) in [5.74, 6) is 0. The first-order valence-corrected chi connectivity index (χ1v) is 23.4. The van der Waals surface area contributed by atoms with Gasteiger partial charge in [-0.2, -0.15) is 0 Å². The van der Waals surface area contributed by atoms with Crippen LogP contribution in [0.1, 0.15) is 164 Å². The molecule has 4 aromatic carbocycles. The SMILES string of the molecule is CC[C@H](Cc1ccccc1)N=c1c(C)c1N(C1CCCCC1)C1CCCCC1.Cc1c(N(C2CCCCC2)C2CCCCC2)c1=N[C@H](CO)Cc1ccccc1. The first-order valence-electron chi connectivity index (χ1n) is 23.4. The van der Waals surface area contributed by atoms with Gasteiger partial charge in [0.2, 0.25) is 0 Å². The van der Waals surface area contributed by atoms with Crippen LogP contribution < -0.4 is 20.5 Å². The van der Waals surface area contributed by atoms with Crippen molar-refractivity contribution >= 4 is 11.4 Å². The van der Waals surface area contributed by atoms with Gasteiger partial charge in [-0.15, -0.1) is 0 Å². The Morgan fingerprint density at radius 1 is 0.500 bits per heavy atom. The molecule has 1 N–H and O–H groups in total. The average molecular weight is 759 g/mol. The quantitative estimate of drug-likeness (QED) is 0.139. The molecule has 0 bridgehead atoms. The van der Waals surface area contributed by atoms with Gasteiger partial charge in [0.05, 0.1) is 40.8 Å². The monoisotopic (exact) mass is 759 g/mol. The summed E-state index contributed by atoms with van der Waals surface area (Å²) in [5, 5.41) is 12.5. The molecule has 5 heteroatoms. The van der Waals surface area contributed by atoms with Crippen LogP contribution in [0.2, 0.25) is 0 Å². The highest BCUT2D eigenvalue weighted by Crippen LogP contribution is 2.38. The van der Waals surface area contributed by atoms with Gasteiger partial charge in [0.25, 0.3) is 0 Å². The van der Waals surface area contributed by atoms with E-state index in [1.165, 1.54) is 167 Å². The van der Waals surface area contributed by atoms with Crippen molar-refractivity contribution in [3.8, 4) is 0 Å². The molecule has 4 aliphatic rings. The molecule has 56 heavy (non-hydrogen) atoms. The fourth-order valence-corrected chi connectivity index (χ4v) is 10.8. The Kier molecular flexibility index (Phi) is 15.0. The molecule has 0 radical (unpaired) electrons. The highest BCUT2D eigenvalue weighted by Gasteiger charge is 2.36.